The van der Waals surface area contributed by atoms with Crippen LogP contribution in [0.1, 0.15) is 6.42 Å². The third-order valence-electron chi connectivity index (χ3n) is 2.80. The van der Waals surface area contributed by atoms with E-state index in [2.05, 4.69) is 0 Å². The highest BCUT2D eigenvalue weighted by Gasteiger charge is 2.47. The highest BCUT2D eigenvalue weighted by Crippen LogP contribution is 2.39. The van der Waals surface area contributed by atoms with E-state index in [1.54, 1.807) is 0 Å². The third kappa shape index (κ3) is 0.713. The first-order valence-electron chi connectivity index (χ1n) is 3.81. The first kappa shape index (κ1) is 6.58. The van der Waals surface area contributed by atoms with Crippen LogP contribution in [0.25, 0.3) is 0 Å². The molecule has 1 saturated carbocycles. The van der Waals surface area contributed by atoms with Crippen molar-refractivity contribution < 1.29 is 9.84 Å². The molecular formula is C7H13NO2. The van der Waals surface area contributed by atoms with Gasteiger partial charge in [0.15, 0.2) is 0 Å². The summed E-state index contributed by atoms with van der Waals surface area (Å²) in [4.78, 5) is 0. The number of aliphatic hydroxyl groups excluding tert-OH is 1. The van der Waals surface area contributed by atoms with Gasteiger partial charge >= 0.3 is 0 Å². The molecule has 2 bridgehead atoms. The zero-order valence-electron chi connectivity index (χ0n) is 5.86. The molecule has 4 atom stereocenters. The molecule has 3 nitrogen and oxygen atoms in total. The van der Waals surface area contributed by atoms with Crippen LogP contribution in [0.2, 0.25) is 0 Å². The summed E-state index contributed by atoms with van der Waals surface area (Å²) in [6.07, 6.45) is 1.20. The quantitative estimate of drug-likeness (QED) is 0.512. The number of rotatable bonds is 1. The Morgan fingerprint density at radius 2 is 2.40 bits per heavy atom. The van der Waals surface area contributed by atoms with E-state index in [4.69, 9.17) is 15.6 Å². The van der Waals surface area contributed by atoms with E-state index in [-0.39, 0.29) is 18.8 Å². The van der Waals surface area contributed by atoms with Gasteiger partial charge < -0.3 is 15.6 Å². The van der Waals surface area contributed by atoms with Crippen molar-refractivity contribution in [2.24, 2.45) is 17.6 Å². The number of nitrogens with two attached hydrogens (primary N) is 1. The maximum Gasteiger partial charge on any atom is 0.0644 e. The molecule has 1 saturated heterocycles. The fraction of sp³-hybridized carbons (Fsp3) is 1.00. The van der Waals surface area contributed by atoms with Gasteiger partial charge in [-0.15, -0.1) is 0 Å². The minimum Gasteiger partial charge on any atom is -0.396 e. The van der Waals surface area contributed by atoms with Gasteiger partial charge in [0.2, 0.25) is 0 Å². The zero-order chi connectivity index (χ0) is 7.14. The Morgan fingerprint density at radius 3 is 2.70 bits per heavy atom. The summed E-state index contributed by atoms with van der Waals surface area (Å²) < 4.78 is 5.39. The average molecular weight is 143 g/mol. The minimum atomic E-state index is 0.239. The molecule has 0 radical (unpaired) electrons. The second-order valence-electron chi connectivity index (χ2n) is 3.28. The summed E-state index contributed by atoms with van der Waals surface area (Å²) >= 11 is 0. The highest BCUT2D eigenvalue weighted by atomic mass is 16.5. The number of hydrogen-bond acceptors (Lipinski definition) is 3. The van der Waals surface area contributed by atoms with Crippen molar-refractivity contribution in [1.82, 2.24) is 0 Å². The average Bonchev–Trinajstić information content (AvgIpc) is 2.42. The molecule has 0 spiro atoms. The fourth-order valence-electron chi connectivity index (χ4n) is 2.14. The largest absolute Gasteiger partial charge is 0.396 e. The SMILES string of the molecule is NC1CC2OCC1C2CO. The predicted octanol–water partition coefficient (Wildman–Crippen LogP) is -0.659. The molecule has 4 unspecified atom stereocenters. The molecule has 2 fully saturated rings. The summed E-state index contributed by atoms with van der Waals surface area (Å²) in [7, 11) is 0. The van der Waals surface area contributed by atoms with Crippen molar-refractivity contribution in [3.63, 3.8) is 0 Å². The van der Waals surface area contributed by atoms with E-state index in [9.17, 15) is 0 Å². The molecule has 3 heteroatoms. The Labute approximate surface area is 60.2 Å². The Hall–Kier alpha value is -0.120. The first-order valence-corrected chi connectivity index (χ1v) is 3.81. The first-order chi connectivity index (χ1) is 4.83. The normalized spacial score (nSPS) is 52.2. The second kappa shape index (κ2) is 2.19. The fourth-order valence-corrected chi connectivity index (χ4v) is 2.14. The lowest BCUT2D eigenvalue weighted by molar-refractivity contribution is 0.0567. The number of aliphatic hydroxyl groups is 1. The molecule has 58 valence electrons. The van der Waals surface area contributed by atoms with Gasteiger partial charge in [-0.2, -0.15) is 0 Å². The van der Waals surface area contributed by atoms with Gasteiger partial charge in [0.05, 0.1) is 12.7 Å². The molecular weight excluding hydrogens is 130 g/mol. The van der Waals surface area contributed by atoms with Crippen LogP contribution in [0.15, 0.2) is 0 Å². The molecule has 0 amide bonds. The summed E-state index contributed by atoms with van der Waals surface area (Å²) in [5.74, 6) is 0.755. The summed E-state index contributed by atoms with van der Waals surface area (Å²) in [5.41, 5.74) is 5.79. The van der Waals surface area contributed by atoms with Crippen LogP contribution in [0.5, 0.6) is 0 Å². The number of hydrogen-bond donors (Lipinski definition) is 2. The van der Waals surface area contributed by atoms with Crippen LogP contribution in [-0.2, 0) is 4.74 Å². The van der Waals surface area contributed by atoms with Crippen molar-refractivity contribution in [3.05, 3.63) is 0 Å². The highest BCUT2D eigenvalue weighted by molar-refractivity contribution is 4.98. The summed E-state index contributed by atoms with van der Waals surface area (Å²) in [5, 5.41) is 8.93. The summed E-state index contributed by atoms with van der Waals surface area (Å²) in [6.45, 7) is 1.00. The third-order valence-corrected chi connectivity index (χ3v) is 2.80. The Kier molecular flexibility index (Phi) is 1.44. The Morgan fingerprint density at radius 1 is 1.60 bits per heavy atom. The Bertz CT molecular complexity index is 140. The van der Waals surface area contributed by atoms with E-state index < -0.39 is 0 Å². The van der Waals surface area contributed by atoms with Crippen molar-refractivity contribution >= 4 is 0 Å². The predicted molar refractivity (Wildman–Crippen MR) is 36.4 cm³/mol. The zero-order valence-corrected chi connectivity index (χ0v) is 5.86. The molecule has 1 heterocycles. The van der Waals surface area contributed by atoms with Gasteiger partial charge in [-0.05, 0) is 6.42 Å². The van der Waals surface area contributed by atoms with E-state index in [0.717, 1.165) is 13.0 Å². The standard InChI is InChI=1S/C7H13NO2/c8-6-1-7-4(2-9)5(6)3-10-7/h4-7,9H,1-3,8H2. The molecule has 0 aromatic carbocycles. The van der Waals surface area contributed by atoms with Crippen molar-refractivity contribution in [2.75, 3.05) is 13.2 Å². The van der Waals surface area contributed by atoms with Crippen LogP contribution >= 0.6 is 0 Å². The van der Waals surface area contributed by atoms with Crippen molar-refractivity contribution in [1.29, 1.82) is 0 Å². The van der Waals surface area contributed by atoms with E-state index >= 15 is 0 Å². The van der Waals surface area contributed by atoms with Crippen LogP contribution in [-0.4, -0.2) is 30.5 Å². The van der Waals surface area contributed by atoms with Crippen LogP contribution in [0.3, 0.4) is 0 Å². The van der Waals surface area contributed by atoms with Crippen LogP contribution in [0.4, 0.5) is 0 Å². The van der Waals surface area contributed by atoms with E-state index in [1.807, 2.05) is 0 Å². The number of ether oxygens (including phenoxy) is 1. The molecule has 1 aliphatic carbocycles. The molecule has 2 rings (SSSR count). The van der Waals surface area contributed by atoms with E-state index in [0.29, 0.717) is 11.8 Å². The molecule has 1 aliphatic heterocycles. The van der Waals surface area contributed by atoms with E-state index in [1.165, 1.54) is 0 Å². The number of fused-ring (bicyclic) bond motifs is 2. The van der Waals surface area contributed by atoms with Crippen LogP contribution in [0, 0.1) is 11.8 Å². The van der Waals surface area contributed by atoms with Crippen molar-refractivity contribution in [3.8, 4) is 0 Å². The van der Waals surface area contributed by atoms with Crippen LogP contribution < -0.4 is 5.73 Å². The van der Waals surface area contributed by atoms with Gasteiger partial charge in [-0.3, -0.25) is 0 Å². The minimum absolute atomic E-state index is 0.239. The summed E-state index contributed by atoms with van der Waals surface area (Å²) in [6, 6.07) is 0.274. The molecule has 0 aromatic heterocycles. The van der Waals surface area contributed by atoms with Gasteiger partial charge in [-0.25, -0.2) is 0 Å². The topological polar surface area (TPSA) is 55.5 Å². The van der Waals surface area contributed by atoms with Gasteiger partial charge in [0, 0.05) is 24.5 Å². The maximum atomic E-state index is 8.93. The lowest BCUT2D eigenvalue weighted by atomic mass is 9.97. The molecule has 3 N–H and O–H groups in total. The second-order valence-corrected chi connectivity index (χ2v) is 3.28. The van der Waals surface area contributed by atoms with Gasteiger partial charge in [0.1, 0.15) is 0 Å². The lowest BCUT2D eigenvalue weighted by Crippen LogP contribution is -2.31. The smallest absolute Gasteiger partial charge is 0.0644 e. The van der Waals surface area contributed by atoms with Crippen molar-refractivity contribution in [2.45, 2.75) is 18.6 Å². The molecule has 2 aliphatic rings. The van der Waals surface area contributed by atoms with Gasteiger partial charge in [-0.1, -0.05) is 0 Å². The maximum absolute atomic E-state index is 8.93. The van der Waals surface area contributed by atoms with Gasteiger partial charge in [0.25, 0.3) is 0 Å². The lowest BCUT2D eigenvalue weighted by Gasteiger charge is -2.16. The molecule has 10 heavy (non-hydrogen) atoms. The molecule has 0 aromatic rings. The monoisotopic (exact) mass is 143 g/mol. The Balaban J connectivity index is 2.11.